The SMILES string of the molecule is COc1ccc(N2CCCNCC(C)C2)cc1Cl. The van der Waals surface area contributed by atoms with Crippen molar-refractivity contribution in [1.29, 1.82) is 0 Å². The summed E-state index contributed by atoms with van der Waals surface area (Å²) in [4.78, 5) is 2.41. The highest BCUT2D eigenvalue weighted by atomic mass is 35.5. The van der Waals surface area contributed by atoms with E-state index in [1.165, 1.54) is 5.69 Å². The Morgan fingerprint density at radius 1 is 1.44 bits per heavy atom. The van der Waals surface area contributed by atoms with E-state index in [-0.39, 0.29) is 0 Å². The zero-order valence-electron chi connectivity index (χ0n) is 11.1. The summed E-state index contributed by atoms with van der Waals surface area (Å²) in [6.07, 6.45) is 1.16. The van der Waals surface area contributed by atoms with Gasteiger partial charge in [-0.25, -0.2) is 0 Å². The van der Waals surface area contributed by atoms with Crippen LogP contribution >= 0.6 is 11.6 Å². The van der Waals surface area contributed by atoms with Crippen LogP contribution < -0.4 is 15.0 Å². The Hall–Kier alpha value is -0.930. The summed E-state index contributed by atoms with van der Waals surface area (Å²) in [5, 5.41) is 4.15. The normalized spacial score (nSPS) is 21.3. The molecule has 0 bridgehead atoms. The maximum atomic E-state index is 6.19. The Labute approximate surface area is 114 Å². The van der Waals surface area contributed by atoms with Crippen molar-refractivity contribution in [2.45, 2.75) is 13.3 Å². The van der Waals surface area contributed by atoms with Gasteiger partial charge in [-0.1, -0.05) is 18.5 Å². The maximum absolute atomic E-state index is 6.19. The Kier molecular flexibility index (Phi) is 4.72. The summed E-state index contributed by atoms with van der Waals surface area (Å²) in [5.74, 6) is 1.38. The van der Waals surface area contributed by atoms with Gasteiger partial charge >= 0.3 is 0 Å². The number of anilines is 1. The van der Waals surface area contributed by atoms with E-state index in [0.717, 1.165) is 38.3 Å². The van der Waals surface area contributed by atoms with Gasteiger partial charge in [0.1, 0.15) is 5.75 Å². The summed E-state index contributed by atoms with van der Waals surface area (Å²) >= 11 is 6.19. The number of rotatable bonds is 2. The average Bonchev–Trinajstić information content (AvgIpc) is 2.33. The van der Waals surface area contributed by atoms with Crippen molar-refractivity contribution in [2.75, 3.05) is 38.2 Å². The van der Waals surface area contributed by atoms with Crippen molar-refractivity contribution in [3.63, 3.8) is 0 Å². The molecule has 3 nitrogen and oxygen atoms in total. The molecule has 0 radical (unpaired) electrons. The van der Waals surface area contributed by atoms with Crippen LogP contribution in [-0.4, -0.2) is 33.3 Å². The molecule has 0 spiro atoms. The first kappa shape index (κ1) is 13.5. The Morgan fingerprint density at radius 3 is 3.00 bits per heavy atom. The molecular weight excluding hydrogens is 248 g/mol. The fourth-order valence-electron chi connectivity index (χ4n) is 2.36. The van der Waals surface area contributed by atoms with Crippen LogP contribution in [0.4, 0.5) is 5.69 Å². The van der Waals surface area contributed by atoms with Gasteiger partial charge in [0.2, 0.25) is 0 Å². The lowest BCUT2D eigenvalue weighted by atomic mass is 10.1. The molecule has 1 aliphatic heterocycles. The van der Waals surface area contributed by atoms with Gasteiger partial charge in [-0.2, -0.15) is 0 Å². The first-order valence-electron chi connectivity index (χ1n) is 6.50. The summed E-state index contributed by atoms with van der Waals surface area (Å²) < 4.78 is 5.19. The number of ether oxygens (including phenoxy) is 1. The van der Waals surface area contributed by atoms with Crippen LogP contribution in [0.2, 0.25) is 5.02 Å². The molecule has 1 N–H and O–H groups in total. The van der Waals surface area contributed by atoms with Crippen LogP contribution in [0.5, 0.6) is 5.75 Å². The lowest BCUT2D eigenvalue weighted by Gasteiger charge is -2.30. The molecule has 1 aromatic rings. The first-order chi connectivity index (χ1) is 8.70. The minimum Gasteiger partial charge on any atom is -0.495 e. The van der Waals surface area contributed by atoms with E-state index in [1.54, 1.807) is 7.11 Å². The number of nitrogens with zero attached hydrogens (tertiary/aromatic N) is 1. The van der Waals surface area contributed by atoms with Gasteiger partial charge in [-0.05, 0) is 43.6 Å². The van der Waals surface area contributed by atoms with Crippen LogP contribution in [0.1, 0.15) is 13.3 Å². The van der Waals surface area contributed by atoms with Gasteiger partial charge in [0.25, 0.3) is 0 Å². The van der Waals surface area contributed by atoms with E-state index in [1.807, 2.05) is 12.1 Å². The van der Waals surface area contributed by atoms with Gasteiger partial charge in [0.15, 0.2) is 0 Å². The number of hydrogen-bond acceptors (Lipinski definition) is 3. The molecule has 1 saturated heterocycles. The van der Waals surface area contributed by atoms with E-state index in [2.05, 4.69) is 23.2 Å². The van der Waals surface area contributed by atoms with Crippen molar-refractivity contribution < 1.29 is 4.74 Å². The highest BCUT2D eigenvalue weighted by molar-refractivity contribution is 6.32. The molecule has 2 rings (SSSR count). The predicted molar refractivity (Wildman–Crippen MR) is 76.9 cm³/mol. The minimum absolute atomic E-state index is 0.645. The van der Waals surface area contributed by atoms with E-state index < -0.39 is 0 Å². The first-order valence-corrected chi connectivity index (χ1v) is 6.87. The third-order valence-electron chi connectivity index (χ3n) is 3.31. The quantitative estimate of drug-likeness (QED) is 0.893. The number of halogens is 1. The summed E-state index contributed by atoms with van der Waals surface area (Å²) in [6, 6.07) is 6.04. The molecule has 4 heteroatoms. The third kappa shape index (κ3) is 3.30. The summed E-state index contributed by atoms with van der Waals surface area (Å²) in [5.41, 5.74) is 1.19. The van der Waals surface area contributed by atoms with Crippen molar-refractivity contribution in [1.82, 2.24) is 5.32 Å². The fourth-order valence-corrected chi connectivity index (χ4v) is 2.61. The summed E-state index contributed by atoms with van der Waals surface area (Å²) in [6.45, 7) is 6.58. The highest BCUT2D eigenvalue weighted by Gasteiger charge is 2.14. The Bertz CT molecular complexity index is 397. The zero-order valence-corrected chi connectivity index (χ0v) is 11.8. The van der Waals surface area contributed by atoms with Crippen LogP contribution in [-0.2, 0) is 0 Å². The number of benzene rings is 1. The third-order valence-corrected chi connectivity index (χ3v) is 3.60. The maximum Gasteiger partial charge on any atom is 0.137 e. The molecule has 1 unspecified atom stereocenters. The molecule has 1 aromatic carbocycles. The molecule has 1 aliphatic rings. The van der Waals surface area contributed by atoms with Gasteiger partial charge < -0.3 is 15.0 Å². The second-order valence-electron chi connectivity index (χ2n) is 4.93. The van der Waals surface area contributed by atoms with Crippen molar-refractivity contribution in [2.24, 2.45) is 5.92 Å². The number of hydrogen-bond donors (Lipinski definition) is 1. The van der Waals surface area contributed by atoms with Crippen LogP contribution in [0.15, 0.2) is 18.2 Å². The molecule has 0 aromatic heterocycles. The minimum atomic E-state index is 0.645. The molecule has 0 saturated carbocycles. The molecule has 1 heterocycles. The van der Waals surface area contributed by atoms with Crippen molar-refractivity contribution >= 4 is 17.3 Å². The summed E-state index contributed by atoms with van der Waals surface area (Å²) in [7, 11) is 1.64. The zero-order chi connectivity index (χ0) is 13.0. The lowest BCUT2D eigenvalue weighted by molar-refractivity contribution is 0.415. The smallest absolute Gasteiger partial charge is 0.137 e. The fraction of sp³-hybridized carbons (Fsp3) is 0.571. The van der Waals surface area contributed by atoms with Crippen LogP contribution in [0, 0.1) is 5.92 Å². The second kappa shape index (κ2) is 6.30. The lowest BCUT2D eigenvalue weighted by Crippen LogP contribution is -2.38. The second-order valence-corrected chi connectivity index (χ2v) is 5.33. The number of nitrogens with one attached hydrogen (secondary N) is 1. The molecule has 18 heavy (non-hydrogen) atoms. The molecular formula is C14H21ClN2O. The van der Waals surface area contributed by atoms with Crippen molar-refractivity contribution in [3.8, 4) is 5.75 Å². The van der Waals surface area contributed by atoms with Gasteiger partial charge in [0.05, 0.1) is 12.1 Å². The predicted octanol–water partition coefficient (Wildman–Crippen LogP) is 2.78. The molecule has 0 aliphatic carbocycles. The van der Waals surface area contributed by atoms with E-state index in [9.17, 15) is 0 Å². The topological polar surface area (TPSA) is 24.5 Å². The molecule has 1 fully saturated rings. The molecule has 0 amide bonds. The molecule has 100 valence electrons. The Morgan fingerprint density at radius 2 is 2.28 bits per heavy atom. The standard InChI is InChI=1S/C14H21ClN2O/c1-11-9-16-6-3-7-17(10-11)12-4-5-14(18-2)13(15)8-12/h4-5,8,11,16H,3,6-7,9-10H2,1-2H3. The highest BCUT2D eigenvalue weighted by Crippen LogP contribution is 2.29. The number of methoxy groups -OCH3 is 1. The van der Waals surface area contributed by atoms with Crippen molar-refractivity contribution in [3.05, 3.63) is 23.2 Å². The molecule has 1 atom stereocenters. The van der Waals surface area contributed by atoms with Gasteiger partial charge in [-0.15, -0.1) is 0 Å². The van der Waals surface area contributed by atoms with Crippen LogP contribution in [0.3, 0.4) is 0 Å². The van der Waals surface area contributed by atoms with E-state index >= 15 is 0 Å². The van der Waals surface area contributed by atoms with E-state index in [0.29, 0.717) is 10.9 Å². The largest absolute Gasteiger partial charge is 0.495 e. The van der Waals surface area contributed by atoms with Gasteiger partial charge in [-0.3, -0.25) is 0 Å². The Balaban J connectivity index is 2.15. The van der Waals surface area contributed by atoms with Crippen LogP contribution in [0.25, 0.3) is 0 Å². The average molecular weight is 269 g/mol. The van der Waals surface area contributed by atoms with E-state index in [4.69, 9.17) is 16.3 Å². The monoisotopic (exact) mass is 268 g/mol. The van der Waals surface area contributed by atoms with Gasteiger partial charge in [0, 0.05) is 18.8 Å².